The van der Waals surface area contributed by atoms with Crippen molar-refractivity contribution in [1.29, 1.82) is 0 Å². The van der Waals surface area contributed by atoms with E-state index in [0.29, 0.717) is 5.56 Å². The van der Waals surface area contributed by atoms with Crippen LogP contribution >= 0.6 is 0 Å². The van der Waals surface area contributed by atoms with Crippen LogP contribution in [0.25, 0.3) is 0 Å². The van der Waals surface area contributed by atoms with Crippen molar-refractivity contribution in [2.24, 2.45) is 0 Å². The van der Waals surface area contributed by atoms with E-state index in [4.69, 9.17) is 4.74 Å². The Kier molecular flexibility index (Phi) is 4.63. The van der Waals surface area contributed by atoms with E-state index in [2.05, 4.69) is 9.47 Å². The molecule has 0 saturated carbocycles. The van der Waals surface area contributed by atoms with Gasteiger partial charge in [0.15, 0.2) is 0 Å². The van der Waals surface area contributed by atoms with Gasteiger partial charge in [-0.05, 0) is 24.6 Å². The van der Waals surface area contributed by atoms with Crippen molar-refractivity contribution >= 4 is 17.9 Å². The summed E-state index contributed by atoms with van der Waals surface area (Å²) in [6.45, 7) is 2.76. The molecule has 0 heterocycles. The fourth-order valence-electron chi connectivity index (χ4n) is 1.61. The second kappa shape index (κ2) is 5.99. The maximum absolute atomic E-state index is 11.7. The van der Waals surface area contributed by atoms with Gasteiger partial charge in [0.25, 0.3) is 0 Å². The van der Waals surface area contributed by atoms with E-state index in [1.165, 1.54) is 33.3 Å². The van der Waals surface area contributed by atoms with Gasteiger partial charge in [-0.15, -0.1) is 0 Å². The SMILES string of the molecule is COC(=O)c1ccc(OC(C)=O)c(C(=O)OC)c1C. The van der Waals surface area contributed by atoms with Crippen LogP contribution in [0.3, 0.4) is 0 Å². The zero-order valence-corrected chi connectivity index (χ0v) is 11.1. The van der Waals surface area contributed by atoms with Gasteiger partial charge in [-0.2, -0.15) is 0 Å². The number of esters is 3. The fourth-order valence-corrected chi connectivity index (χ4v) is 1.61. The van der Waals surface area contributed by atoms with Crippen molar-refractivity contribution in [3.8, 4) is 5.75 Å². The van der Waals surface area contributed by atoms with Crippen LogP contribution in [-0.4, -0.2) is 32.1 Å². The summed E-state index contributed by atoms with van der Waals surface area (Å²) in [5.74, 6) is -1.81. The third-order valence-electron chi connectivity index (χ3n) is 2.48. The van der Waals surface area contributed by atoms with Gasteiger partial charge in [-0.3, -0.25) is 4.79 Å². The largest absolute Gasteiger partial charge is 0.465 e. The number of hydrogen-bond acceptors (Lipinski definition) is 6. The topological polar surface area (TPSA) is 78.9 Å². The lowest BCUT2D eigenvalue weighted by Gasteiger charge is -2.12. The Morgan fingerprint density at radius 1 is 1.00 bits per heavy atom. The molecule has 1 aromatic carbocycles. The standard InChI is InChI=1S/C13H14O6/c1-7-9(12(15)17-3)5-6-10(19-8(2)14)11(7)13(16)18-4/h5-6H,1-4H3. The van der Waals surface area contributed by atoms with Gasteiger partial charge in [-0.25, -0.2) is 9.59 Å². The van der Waals surface area contributed by atoms with Crippen LogP contribution in [0.1, 0.15) is 33.2 Å². The minimum atomic E-state index is -0.695. The summed E-state index contributed by atoms with van der Waals surface area (Å²) in [5, 5.41) is 0. The normalized spacial score (nSPS) is 9.68. The number of methoxy groups -OCH3 is 2. The number of hydrogen-bond donors (Lipinski definition) is 0. The van der Waals surface area contributed by atoms with Crippen molar-refractivity contribution in [2.45, 2.75) is 13.8 Å². The van der Waals surface area contributed by atoms with Gasteiger partial charge >= 0.3 is 17.9 Å². The molecule has 6 nitrogen and oxygen atoms in total. The molecule has 0 N–H and O–H groups in total. The number of carbonyl (C=O) groups is 3. The molecule has 1 aromatic rings. The summed E-state index contributed by atoms with van der Waals surface area (Å²) in [6, 6.07) is 2.78. The van der Waals surface area contributed by atoms with Gasteiger partial charge in [0.2, 0.25) is 0 Å². The molecule has 0 aromatic heterocycles. The summed E-state index contributed by atoms with van der Waals surface area (Å²) in [7, 11) is 2.43. The van der Waals surface area contributed by atoms with Crippen LogP contribution in [0, 0.1) is 6.92 Å². The second-order valence-corrected chi connectivity index (χ2v) is 3.69. The Morgan fingerprint density at radius 2 is 1.58 bits per heavy atom. The molecule has 0 aliphatic heterocycles. The molecule has 0 radical (unpaired) electrons. The molecule has 19 heavy (non-hydrogen) atoms. The molecule has 0 atom stereocenters. The highest BCUT2D eigenvalue weighted by Gasteiger charge is 2.22. The molecule has 1 rings (SSSR count). The molecule has 0 spiro atoms. The molecule has 102 valence electrons. The first-order valence-corrected chi connectivity index (χ1v) is 5.41. The predicted octanol–water partition coefficient (Wildman–Crippen LogP) is 1.49. The molecule has 0 bridgehead atoms. The van der Waals surface area contributed by atoms with Crippen LogP contribution in [0.5, 0.6) is 5.75 Å². The smallest absolute Gasteiger partial charge is 0.341 e. The molecule has 0 saturated heterocycles. The first kappa shape index (κ1) is 14.7. The minimum absolute atomic E-state index is 0.0283. The maximum atomic E-state index is 11.7. The monoisotopic (exact) mass is 266 g/mol. The van der Waals surface area contributed by atoms with Crippen LogP contribution in [0.2, 0.25) is 0 Å². The van der Waals surface area contributed by atoms with Crippen molar-refractivity contribution in [3.05, 3.63) is 28.8 Å². The highest BCUT2D eigenvalue weighted by Crippen LogP contribution is 2.26. The zero-order valence-electron chi connectivity index (χ0n) is 11.1. The van der Waals surface area contributed by atoms with E-state index >= 15 is 0 Å². The summed E-state index contributed by atoms with van der Waals surface area (Å²) in [6.07, 6.45) is 0. The summed E-state index contributed by atoms with van der Waals surface area (Å²) in [4.78, 5) is 34.3. The quantitative estimate of drug-likeness (QED) is 0.609. The van der Waals surface area contributed by atoms with Gasteiger partial charge in [0.1, 0.15) is 11.3 Å². The molecule has 0 unspecified atom stereocenters. The fraction of sp³-hybridized carbons (Fsp3) is 0.308. The Morgan fingerprint density at radius 3 is 2.05 bits per heavy atom. The Hall–Kier alpha value is -2.37. The van der Waals surface area contributed by atoms with E-state index in [1.54, 1.807) is 6.92 Å². The Balaban J connectivity index is 3.44. The molecular formula is C13H14O6. The number of ether oxygens (including phenoxy) is 3. The molecule has 0 amide bonds. The Bertz CT molecular complexity index is 532. The maximum Gasteiger partial charge on any atom is 0.341 e. The lowest BCUT2D eigenvalue weighted by Crippen LogP contribution is -2.14. The van der Waals surface area contributed by atoms with Crippen molar-refractivity contribution in [2.75, 3.05) is 14.2 Å². The summed E-state index contributed by atoms with van der Waals surface area (Å²) in [5.41, 5.74) is 0.567. The lowest BCUT2D eigenvalue weighted by molar-refractivity contribution is -0.131. The summed E-state index contributed by atoms with van der Waals surface area (Å²) < 4.78 is 14.2. The average molecular weight is 266 g/mol. The molecule has 6 heteroatoms. The third-order valence-corrected chi connectivity index (χ3v) is 2.48. The third kappa shape index (κ3) is 3.09. The van der Waals surface area contributed by atoms with E-state index in [1.807, 2.05) is 0 Å². The first-order valence-electron chi connectivity index (χ1n) is 5.41. The molecular weight excluding hydrogens is 252 g/mol. The van der Waals surface area contributed by atoms with Crippen molar-refractivity contribution in [1.82, 2.24) is 0 Å². The minimum Gasteiger partial charge on any atom is -0.465 e. The lowest BCUT2D eigenvalue weighted by atomic mass is 10.0. The zero-order chi connectivity index (χ0) is 14.6. The first-order chi connectivity index (χ1) is 8.92. The van der Waals surface area contributed by atoms with Gasteiger partial charge in [0, 0.05) is 6.92 Å². The van der Waals surface area contributed by atoms with Crippen LogP contribution < -0.4 is 4.74 Å². The average Bonchev–Trinajstić information content (AvgIpc) is 2.37. The molecule has 0 fully saturated rings. The van der Waals surface area contributed by atoms with Gasteiger partial charge in [-0.1, -0.05) is 0 Å². The summed E-state index contributed by atoms with van der Waals surface area (Å²) >= 11 is 0. The Labute approximate surface area is 110 Å². The van der Waals surface area contributed by atoms with Crippen molar-refractivity contribution < 1.29 is 28.6 Å². The molecule has 0 aliphatic carbocycles. The second-order valence-electron chi connectivity index (χ2n) is 3.69. The van der Waals surface area contributed by atoms with E-state index in [9.17, 15) is 14.4 Å². The van der Waals surface area contributed by atoms with Gasteiger partial charge < -0.3 is 14.2 Å². The van der Waals surface area contributed by atoms with Crippen LogP contribution in [0.15, 0.2) is 12.1 Å². The molecule has 0 aliphatic rings. The van der Waals surface area contributed by atoms with E-state index in [-0.39, 0.29) is 16.9 Å². The highest BCUT2D eigenvalue weighted by atomic mass is 16.5. The van der Waals surface area contributed by atoms with E-state index < -0.39 is 17.9 Å². The van der Waals surface area contributed by atoms with Crippen LogP contribution in [0.4, 0.5) is 0 Å². The number of carbonyl (C=O) groups excluding carboxylic acids is 3. The van der Waals surface area contributed by atoms with Crippen LogP contribution in [-0.2, 0) is 14.3 Å². The predicted molar refractivity (Wildman–Crippen MR) is 65.2 cm³/mol. The number of benzene rings is 1. The number of rotatable bonds is 3. The van der Waals surface area contributed by atoms with Crippen molar-refractivity contribution in [3.63, 3.8) is 0 Å². The van der Waals surface area contributed by atoms with E-state index in [0.717, 1.165) is 0 Å². The highest BCUT2D eigenvalue weighted by molar-refractivity contribution is 6.00. The van der Waals surface area contributed by atoms with Gasteiger partial charge in [0.05, 0.1) is 19.8 Å².